The standard InChI is InChI=1S/C23H24ClNO3S/c1-4-5-10-28-22(27)12-17-15(3)25(20-13-19(24)21(26)11-18(17)20)23(29)16-8-6-14(2)7-9-16/h6-9,11,13,26H,4-5,10,12H2,1-3H3. The van der Waals surface area contributed by atoms with Gasteiger partial charge in [0.05, 0.1) is 23.6 Å². The Balaban J connectivity index is 2.09. The van der Waals surface area contributed by atoms with E-state index in [2.05, 4.69) is 0 Å². The number of aromatic hydroxyl groups is 1. The average molecular weight is 430 g/mol. The van der Waals surface area contributed by atoms with E-state index in [1.54, 1.807) is 12.1 Å². The third-order valence-corrected chi connectivity index (χ3v) is 5.71. The van der Waals surface area contributed by atoms with E-state index in [0.717, 1.165) is 46.1 Å². The molecule has 3 aromatic rings. The monoisotopic (exact) mass is 429 g/mol. The molecule has 4 nitrogen and oxygen atoms in total. The molecule has 0 spiro atoms. The van der Waals surface area contributed by atoms with Crippen LogP contribution in [0.15, 0.2) is 36.4 Å². The number of phenols is 1. The smallest absolute Gasteiger partial charge is 0.310 e. The number of fused-ring (bicyclic) bond motifs is 1. The van der Waals surface area contributed by atoms with Crippen LogP contribution in [0.25, 0.3) is 10.9 Å². The van der Waals surface area contributed by atoms with Gasteiger partial charge in [-0.2, -0.15) is 0 Å². The van der Waals surface area contributed by atoms with Crippen LogP contribution in [0.5, 0.6) is 5.75 Å². The number of hydrogen-bond acceptors (Lipinski definition) is 4. The Morgan fingerprint density at radius 3 is 2.55 bits per heavy atom. The molecule has 29 heavy (non-hydrogen) atoms. The molecule has 0 aliphatic rings. The normalized spacial score (nSPS) is 11.0. The van der Waals surface area contributed by atoms with Crippen LogP contribution in [0, 0.1) is 13.8 Å². The maximum absolute atomic E-state index is 12.4. The molecule has 0 saturated carbocycles. The minimum absolute atomic E-state index is 0.0295. The summed E-state index contributed by atoms with van der Waals surface area (Å²) in [4.78, 5) is 13.0. The number of carbonyl (C=O) groups is 1. The van der Waals surface area contributed by atoms with Crippen molar-refractivity contribution >= 4 is 45.7 Å². The summed E-state index contributed by atoms with van der Waals surface area (Å²) in [6.45, 7) is 6.39. The van der Waals surface area contributed by atoms with Gasteiger partial charge in [0.25, 0.3) is 0 Å². The van der Waals surface area contributed by atoms with Crippen LogP contribution in [0.2, 0.25) is 5.02 Å². The fourth-order valence-corrected chi connectivity index (χ4v) is 3.85. The lowest BCUT2D eigenvalue weighted by Crippen LogP contribution is -2.14. The second-order valence-corrected chi connectivity index (χ2v) is 7.94. The van der Waals surface area contributed by atoms with Gasteiger partial charge >= 0.3 is 5.97 Å². The van der Waals surface area contributed by atoms with Crippen molar-refractivity contribution in [2.45, 2.75) is 40.0 Å². The van der Waals surface area contributed by atoms with Crippen LogP contribution in [0.3, 0.4) is 0 Å². The number of halogens is 1. The van der Waals surface area contributed by atoms with Crippen LogP contribution >= 0.6 is 23.8 Å². The number of ether oxygens (including phenoxy) is 1. The fourth-order valence-electron chi connectivity index (χ4n) is 3.32. The molecule has 2 aromatic carbocycles. The first-order valence-electron chi connectivity index (χ1n) is 9.62. The molecule has 152 valence electrons. The van der Waals surface area contributed by atoms with E-state index in [0.29, 0.717) is 11.6 Å². The van der Waals surface area contributed by atoms with E-state index < -0.39 is 0 Å². The minimum atomic E-state index is -0.295. The highest BCUT2D eigenvalue weighted by Crippen LogP contribution is 2.35. The summed E-state index contributed by atoms with van der Waals surface area (Å²) < 4.78 is 7.25. The zero-order chi connectivity index (χ0) is 21.1. The number of nitrogens with zero attached hydrogens (tertiary/aromatic N) is 1. The number of phenolic OH excluding ortho intramolecular Hbond substituents is 1. The second-order valence-electron chi connectivity index (χ2n) is 7.14. The van der Waals surface area contributed by atoms with Gasteiger partial charge in [-0.15, -0.1) is 0 Å². The summed E-state index contributed by atoms with van der Waals surface area (Å²) in [7, 11) is 0. The lowest BCUT2D eigenvalue weighted by atomic mass is 10.1. The van der Waals surface area contributed by atoms with Gasteiger partial charge in [-0.25, -0.2) is 0 Å². The van der Waals surface area contributed by atoms with Gasteiger partial charge in [0.2, 0.25) is 0 Å². The van der Waals surface area contributed by atoms with Crippen molar-refractivity contribution in [3.8, 4) is 5.75 Å². The maximum atomic E-state index is 12.4. The number of unbranched alkanes of at least 4 members (excludes halogenated alkanes) is 1. The Bertz CT molecular complexity index is 1070. The zero-order valence-electron chi connectivity index (χ0n) is 16.8. The SMILES string of the molecule is CCCCOC(=O)Cc1c(C)n(C(=S)c2ccc(C)cc2)c2cc(Cl)c(O)cc12. The number of carbonyl (C=O) groups excluding carboxylic acids is 1. The summed E-state index contributed by atoms with van der Waals surface area (Å²) in [5.41, 5.74) is 4.41. The van der Waals surface area contributed by atoms with Gasteiger partial charge in [-0.3, -0.25) is 4.79 Å². The molecule has 0 atom stereocenters. The third-order valence-electron chi connectivity index (χ3n) is 4.99. The number of hydrogen-bond donors (Lipinski definition) is 1. The topological polar surface area (TPSA) is 51.5 Å². The van der Waals surface area contributed by atoms with E-state index in [1.165, 1.54) is 0 Å². The molecular formula is C23H24ClNO3S. The number of thiocarbonyl (C=S) groups is 1. The number of benzene rings is 2. The number of rotatable bonds is 6. The molecule has 1 heterocycles. The molecule has 0 aliphatic heterocycles. The third kappa shape index (κ3) is 4.46. The molecular weight excluding hydrogens is 406 g/mol. The summed E-state index contributed by atoms with van der Waals surface area (Å²) in [6.07, 6.45) is 1.90. The Morgan fingerprint density at radius 1 is 1.21 bits per heavy atom. The lowest BCUT2D eigenvalue weighted by molar-refractivity contribution is -0.142. The van der Waals surface area contributed by atoms with Crippen molar-refractivity contribution < 1.29 is 14.6 Å². The van der Waals surface area contributed by atoms with Crippen LogP contribution in [-0.4, -0.2) is 27.2 Å². The lowest BCUT2D eigenvalue weighted by Gasteiger charge is -2.11. The molecule has 6 heteroatoms. The Labute approximate surface area is 181 Å². The first kappa shape index (κ1) is 21.3. The average Bonchev–Trinajstić information content (AvgIpc) is 2.93. The highest BCUT2D eigenvalue weighted by atomic mass is 35.5. The molecule has 3 rings (SSSR count). The van der Waals surface area contributed by atoms with E-state index in [-0.39, 0.29) is 23.2 Å². The Kier molecular flexibility index (Phi) is 6.60. The second kappa shape index (κ2) is 8.97. The number of aryl methyl sites for hydroxylation is 1. The summed E-state index contributed by atoms with van der Waals surface area (Å²) in [5.74, 6) is -0.325. The minimum Gasteiger partial charge on any atom is -0.506 e. The molecule has 0 aliphatic carbocycles. The molecule has 1 N–H and O–H groups in total. The van der Waals surface area contributed by atoms with Crippen molar-refractivity contribution in [1.82, 2.24) is 4.57 Å². The van der Waals surface area contributed by atoms with Crippen molar-refractivity contribution in [3.05, 3.63) is 63.8 Å². The Hall–Kier alpha value is -2.37. The van der Waals surface area contributed by atoms with Crippen molar-refractivity contribution in [1.29, 1.82) is 0 Å². The van der Waals surface area contributed by atoms with Crippen LogP contribution < -0.4 is 0 Å². The Morgan fingerprint density at radius 2 is 1.90 bits per heavy atom. The largest absolute Gasteiger partial charge is 0.506 e. The maximum Gasteiger partial charge on any atom is 0.310 e. The van der Waals surface area contributed by atoms with Gasteiger partial charge in [0.15, 0.2) is 0 Å². The van der Waals surface area contributed by atoms with Crippen LogP contribution in [-0.2, 0) is 16.0 Å². The summed E-state index contributed by atoms with van der Waals surface area (Å²) >= 11 is 12.0. The van der Waals surface area contributed by atoms with E-state index >= 15 is 0 Å². The quantitative estimate of drug-likeness (QED) is 0.309. The predicted octanol–water partition coefficient (Wildman–Crippen LogP) is 5.73. The summed E-state index contributed by atoms with van der Waals surface area (Å²) in [6, 6.07) is 11.2. The van der Waals surface area contributed by atoms with Gasteiger partial charge in [-0.1, -0.05) is 67.0 Å². The van der Waals surface area contributed by atoms with Crippen molar-refractivity contribution in [2.24, 2.45) is 0 Å². The molecule has 0 radical (unpaired) electrons. The van der Waals surface area contributed by atoms with Gasteiger partial charge in [-0.05, 0) is 38.0 Å². The van der Waals surface area contributed by atoms with Gasteiger partial charge < -0.3 is 14.4 Å². The fraction of sp³-hybridized carbons (Fsp3) is 0.304. The first-order chi connectivity index (χ1) is 13.8. The van der Waals surface area contributed by atoms with E-state index in [4.69, 9.17) is 28.6 Å². The first-order valence-corrected chi connectivity index (χ1v) is 10.4. The molecule has 1 aromatic heterocycles. The van der Waals surface area contributed by atoms with Gasteiger partial charge in [0, 0.05) is 16.6 Å². The van der Waals surface area contributed by atoms with Crippen molar-refractivity contribution in [2.75, 3.05) is 6.61 Å². The number of aromatic nitrogens is 1. The zero-order valence-corrected chi connectivity index (χ0v) is 18.4. The molecule has 0 bridgehead atoms. The highest BCUT2D eigenvalue weighted by Gasteiger charge is 2.21. The van der Waals surface area contributed by atoms with Gasteiger partial charge in [0.1, 0.15) is 10.7 Å². The molecule has 0 saturated heterocycles. The summed E-state index contributed by atoms with van der Waals surface area (Å²) in [5, 5.41) is 11.1. The van der Waals surface area contributed by atoms with Crippen LogP contribution in [0.1, 0.15) is 42.1 Å². The van der Waals surface area contributed by atoms with E-state index in [9.17, 15) is 9.90 Å². The molecule has 0 unspecified atom stereocenters. The highest BCUT2D eigenvalue weighted by molar-refractivity contribution is 7.80. The molecule has 0 amide bonds. The number of esters is 1. The van der Waals surface area contributed by atoms with E-state index in [1.807, 2.05) is 49.6 Å². The molecule has 0 fully saturated rings. The van der Waals surface area contributed by atoms with Crippen LogP contribution in [0.4, 0.5) is 0 Å². The van der Waals surface area contributed by atoms with Crippen molar-refractivity contribution in [3.63, 3.8) is 0 Å². The predicted molar refractivity (Wildman–Crippen MR) is 121 cm³/mol.